The predicted molar refractivity (Wildman–Crippen MR) is 104 cm³/mol. The van der Waals surface area contributed by atoms with E-state index in [2.05, 4.69) is 0 Å². The zero-order valence-corrected chi connectivity index (χ0v) is 16.0. The fourth-order valence-electron chi connectivity index (χ4n) is 2.54. The molecule has 0 aliphatic rings. The lowest BCUT2D eigenvalue weighted by atomic mass is 9.99. The maximum absolute atomic E-state index is 13.0. The summed E-state index contributed by atoms with van der Waals surface area (Å²) < 4.78 is 44.6. The Morgan fingerprint density at radius 2 is 1.62 bits per heavy atom. The number of alkyl halides is 3. The van der Waals surface area contributed by atoms with Crippen molar-refractivity contribution in [2.24, 2.45) is 0 Å². The molecule has 0 saturated heterocycles. The lowest BCUT2D eigenvalue weighted by molar-refractivity contribution is -0.166. The van der Waals surface area contributed by atoms with Gasteiger partial charge in [0.25, 0.3) is 5.78 Å². The zero-order chi connectivity index (χ0) is 21.2. The van der Waals surface area contributed by atoms with Crippen molar-refractivity contribution in [3.8, 4) is 11.3 Å². The van der Waals surface area contributed by atoms with Gasteiger partial charge in [-0.3, -0.25) is 9.59 Å². The number of hydrogen-bond acceptors (Lipinski definition) is 3. The molecule has 3 rings (SSSR count). The van der Waals surface area contributed by atoms with Crippen molar-refractivity contribution in [1.82, 2.24) is 0 Å². The van der Waals surface area contributed by atoms with E-state index in [9.17, 15) is 22.8 Å². The second-order valence-electron chi connectivity index (χ2n) is 5.91. The number of rotatable bonds is 5. The Bertz CT molecular complexity index is 1100. The Morgan fingerprint density at radius 3 is 2.24 bits per heavy atom. The van der Waals surface area contributed by atoms with Crippen molar-refractivity contribution in [2.45, 2.75) is 6.18 Å². The van der Waals surface area contributed by atoms with Crippen LogP contribution in [-0.4, -0.2) is 17.7 Å². The molecule has 148 valence electrons. The van der Waals surface area contributed by atoms with Gasteiger partial charge in [-0.1, -0.05) is 53.5 Å². The first-order valence-electron chi connectivity index (χ1n) is 8.15. The highest BCUT2D eigenvalue weighted by Crippen LogP contribution is 2.32. The Kier molecular flexibility index (Phi) is 5.96. The number of hydrogen-bond donors (Lipinski definition) is 0. The van der Waals surface area contributed by atoms with Crippen LogP contribution in [0.5, 0.6) is 0 Å². The maximum atomic E-state index is 13.0. The van der Waals surface area contributed by atoms with Crippen LogP contribution in [0, 0.1) is 0 Å². The van der Waals surface area contributed by atoms with Crippen LogP contribution in [0.25, 0.3) is 17.4 Å². The Labute approximate surface area is 173 Å². The number of ketones is 2. The van der Waals surface area contributed by atoms with E-state index in [0.717, 1.165) is 6.08 Å². The summed E-state index contributed by atoms with van der Waals surface area (Å²) in [6.07, 6.45) is -4.44. The van der Waals surface area contributed by atoms with Crippen molar-refractivity contribution >= 4 is 40.8 Å². The van der Waals surface area contributed by atoms with Crippen LogP contribution in [0.4, 0.5) is 13.2 Å². The third kappa shape index (κ3) is 4.78. The molecular formula is C21H11Cl2F3O3. The highest BCUT2D eigenvalue weighted by molar-refractivity contribution is 6.36. The van der Waals surface area contributed by atoms with E-state index < -0.39 is 23.3 Å². The van der Waals surface area contributed by atoms with Gasteiger partial charge in [0.05, 0.1) is 10.6 Å². The van der Waals surface area contributed by atoms with E-state index in [4.69, 9.17) is 27.6 Å². The minimum atomic E-state index is -5.22. The van der Waals surface area contributed by atoms with Crippen molar-refractivity contribution in [3.05, 3.63) is 87.6 Å². The molecule has 0 spiro atoms. The Morgan fingerprint density at radius 1 is 0.931 bits per heavy atom. The largest absolute Gasteiger partial charge is 0.457 e. The molecule has 3 nitrogen and oxygen atoms in total. The first kappa shape index (κ1) is 20.9. The number of allylic oxidation sites excluding steroid dienone is 1. The summed E-state index contributed by atoms with van der Waals surface area (Å²) in [5.74, 6) is -3.18. The molecule has 3 aromatic rings. The fraction of sp³-hybridized carbons (Fsp3) is 0.0476. The minimum Gasteiger partial charge on any atom is -0.457 e. The monoisotopic (exact) mass is 438 g/mol. The Balaban J connectivity index is 2.04. The topological polar surface area (TPSA) is 47.3 Å². The standard InChI is InChI=1S/C21H11Cl2F3O3/c22-13-6-8-15(17(23)10-13)18-9-7-14(29-18)11-16(20(28)21(24,25)26)19(27)12-4-2-1-3-5-12/h1-11H/b16-11-. The average molecular weight is 439 g/mol. The van der Waals surface area contributed by atoms with Crippen molar-refractivity contribution in [1.29, 1.82) is 0 Å². The van der Waals surface area contributed by atoms with Crippen LogP contribution in [0.3, 0.4) is 0 Å². The summed E-state index contributed by atoms with van der Waals surface area (Å²) in [6, 6.07) is 14.6. The average Bonchev–Trinajstić information content (AvgIpc) is 3.13. The number of furan rings is 1. The number of Topliss-reactive ketones (excluding diaryl/α,β-unsaturated/α-hetero) is 2. The number of carbonyl (C=O) groups is 2. The molecule has 29 heavy (non-hydrogen) atoms. The lowest BCUT2D eigenvalue weighted by Crippen LogP contribution is -2.28. The van der Waals surface area contributed by atoms with Crippen LogP contribution in [0.15, 0.2) is 70.7 Å². The first-order valence-corrected chi connectivity index (χ1v) is 8.90. The van der Waals surface area contributed by atoms with E-state index in [1.807, 2.05) is 0 Å². The molecule has 0 aliphatic heterocycles. The van der Waals surface area contributed by atoms with E-state index in [1.54, 1.807) is 18.2 Å². The van der Waals surface area contributed by atoms with Gasteiger partial charge in [-0.2, -0.15) is 13.2 Å². The molecule has 0 unspecified atom stereocenters. The zero-order valence-electron chi connectivity index (χ0n) is 14.5. The normalized spacial score (nSPS) is 12.1. The van der Waals surface area contributed by atoms with Gasteiger partial charge in [-0.05, 0) is 36.4 Å². The van der Waals surface area contributed by atoms with E-state index >= 15 is 0 Å². The quantitative estimate of drug-likeness (QED) is 0.194. The van der Waals surface area contributed by atoms with Crippen molar-refractivity contribution in [3.63, 3.8) is 0 Å². The van der Waals surface area contributed by atoms with Crippen LogP contribution in [0.2, 0.25) is 10.0 Å². The van der Waals surface area contributed by atoms with Crippen LogP contribution < -0.4 is 0 Å². The van der Waals surface area contributed by atoms with E-state index in [-0.39, 0.29) is 22.1 Å². The van der Waals surface area contributed by atoms with Gasteiger partial charge in [0.2, 0.25) is 0 Å². The number of benzene rings is 2. The van der Waals surface area contributed by atoms with Crippen LogP contribution >= 0.6 is 23.2 Å². The summed E-state index contributed by atoms with van der Waals surface area (Å²) in [4.78, 5) is 24.4. The molecular weight excluding hydrogens is 428 g/mol. The SMILES string of the molecule is O=C(/C(=C/c1ccc(-c2ccc(Cl)cc2Cl)o1)C(=O)C(F)(F)F)c1ccccc1. The van der Waals surface area contributed by atoms with Crippen LogP contribution in [0.1, 0.15) is 16.1 Å². The second-order valence-corrected chi connectivity index (χ2v) is 6.75. The number of carbonyl (C=O) groups excluding carboxylic acids is 2. The maximum Gasteiger partial charge on any atom is 0.455 e. The van der Waals surface area contributed by atoms with Crippen molar-refractivity contribution in [2.75, 3.05) is 0 Å². The Hall–Kier alpha value is -2.83. The smallest absolute Gasteiger partial charge is 0.455 e. The number of halogens is 5. The lowest BCUT2D eigenvalue weighted by Gasteiger charge is -2.08. The van der Waals surface area contributed by atoms with Gasteiger partial charge >= 0.3 is 6.18 Å². The third-order valence-electron chi connectivity index (χ3n) is 3.89. The van der Waals surface area contributed by atoms with E-state index in [1.165, 1.54) is 42.5 Å². The highest BCUT2D eigenvalue weighted by atomic mass is 35.5. The molecule has 0 saturated carbocycles. The molecule has 0 fully saturated rings. The fourth-order valence-corrected chi connectivity index (χ4v) is 3.04. The molecule has 2 aromatic carbocycles. The third-order valence-corrected chi connectivity index (χ3v) is 4.44. The summed E-state index contributed by atoms with van der Waals surface area (Å²) >= 11 is 11.9. The molecule has 0 aliphatic carbocycles. The summed E-state index contributed by atoms with van der Waals surface area (Å²) in [5, 5.41) is 0.672. The summed E-state index contributed by atoms with van der Waals surface area (Å²) in [5.41, 5.74) is -0.649. The van der Waals surface area contributed by atoms with Gasteiger partial charge in [0, 0.05) is 16.1 Å². The van der Waals surface area contributed by atoms with Gasteiger partial charge in [0.15, 0.2) is 5.78 Å². The summed E-state index contributed by atoms with van der Waals surface area (Å²) in [7, 11) is 0. The molecule has 0 radical (unpaired) electrons. The van der Waals surface area contributed by atoms with Gasteiger partial charge in [-0.15, -0.1) is 0 Å². The van der Waals surface area contributed by atoms with Gasteiger partial charge < -0.3 is 4.42 Å². The summed E-state index contributed by atoms with van der Waals surface area (Å²) in [6.45, 7) is 0. The molecule has 0 atom stereocenters. The highest BCUT2D eigenvalue weighted by Gasteiger charge is 2.43. The molecule has 0 amide bonds. The molecule has 0 bridgehead atoms. The molecule has 1 heterocycles. The molecule has 0 N–H and O–H groups in total. The van der Waals surface area contributed by atoms with E-state index in [0.29, 0.717) is 10.6 Å². The molecule has 1 aromatic heterocycles. The minimum absolute atomic E-state index is 0.0520. The van der Waals surface area contributed by atoms with Gasteiger partial charge in [0.1, 0.15) is 11.5 Å². The molecule has 8 heteroatoms. The van der Waals surface area contributed by atoms with Gasteiger partial charge in [-0.25, -0.2) is 0 Å². The van der Waals surface area contributed by atoms with Crippen molar-refractivity contribution < 1.29 is 27.2 Å². The predicted octanol–water partition coefficient (Wildman–Crippen LogP) is 6.65. The second kappa shape index (κ2) is 8.27. The van der Waals surface area contributed by atoms with Crippen LogP contribution in [-0.2, 0) is 4.79 Å². The first-order chi connectivity index (χ1) is 13.7.